The van der Waals surface area contributed by atoms with Crippen molar-refractivity contribution in [3.63, 3.8) is 0 Å². The van der Waals surface area contributed by atoms with Crippen LogP contribution in [-0.2, 0) is 0 Å². The van der Waals surface area contributed by atoms with Crippen molar-refractivity contribution in [3.05, 3.63) is 28.8 Å². The van der Waals surface area contributed by atoms with Crippen LogP contribution in [0, 0.1) is 20.8 Å². The van der Waals surface area contributed by atoms with Crippen LogP contribution in [0.15, 0.2) is 12.1 Å². The maximum absolute atomic E-state index is 5.44. The molecule has 3 N–H and O–H groups in total. The third kappa shape index (κ3) is 2.48. The molecule has 1 aromatic rings. The van der Waals surface area contributed by atoms with E-state index in [4.69, 9.17) is 5.73 Å². The molecule has 0 aliphatic rings. The summed E-state index contributed by atoms with van der Waals surface area (Å²) in [7, 11) is 0. The van der Waals surface area contributed by atoms with Crippen molar-refractivity contribution >= 4 is 5.69 Å². The summed E-state index contributed by atoms with van der Waals surface area (Å²) in [5, 5.41) is 3.40. The third-order valence-electron chi connectivity index (χ3n) is 2.75. The van der Waals surface area contributed by atoms with Crippen LogP contribution < -0.4 is 11.1 Å². The Morgan fingerprint density at radius 3 is 2.50 bits per heavy atom. The molecule has 0 atom stereocenters. The van der Waals surface area contributed by atoms with E-state index in [1.807, 2.05) is 0 Å². The molecule has 1 aromatic carbocycles. The largest absolute Gasteiger partial charge is 0.385 e. The first-order chi connectivity index (χ1) is 6.66. The zero-order chi connectivity index (χ0) is 10.6. The summed E-state index contributed by atoms with van der Waals surface area (Å²) in [5.74, 6) is 0. The Balaban J connectivity index is 2.73. The molecule has 0 unspecified atom stereocenters. The topological polar surface area (TPSA) is 38.0 Å². The van der Waals surface area contributed by atoms with Gasteiger partial charge in [0.2, 0.25) is 0 Å². The van der Waals surface area contributed by atoms with Crippen LogP contribution in [-0.4, -0.2) is 13.1 Å². The van der Waals surface area contributed by atoms with Gasteiger partial charge < -0.3 is 11.1 Å². The molecule has 1 rings (SSSR count). The monoisotopic (exact) mass is 192 g/mol. The lowest BCUT2D eigenvalue weighted by atomic mass is 10.0. The minimum Gasteiger partial charge on any atom is -0.385 e. The fourth-order valence-electron chi connectivity index (χ4n) is 1.47. The first-order valence-corrected chi connectivity index (χ1v) is 5.17. The second-order valence-corrected chi connectivity index (χ2v) is 3.75. The van der Waals surface area contributed by atoms with Gasteiger partial charge in [-0.15, -0.1) is 0 Å². The molecule has 2 heteroatoms. The average Bonchev–Trinajstić information content (AvgIpc) is 2.18. The minimum atomic E-state index is 0.747. The number of nitrogens with two attached hydrogens (primary N) is 1. The molecule has 0 spiro atoms. The van der Waals surface area contributed by atoms with Crippen molar-refractivity contribution in [2.24, 2.45) is 5.73 Å². The van der Waals surface area contributed by atoms with Gasteiger partial charge in [-0.2, -0.15) is 0 Å². The molecule has 0 bridgehead atoms. The summed E-state index contributed by atoms with van der Waals surface area (Å²) >= 11 is 0. The molecular weight excluding hydrogens is 172 g/mol. The summed E-state index contributed by atoms with van der Waals surface area (Å²) in [4.78, 5) is 0. The number of aryl methyl sites for hydroxylation is 1. The molecular formula is C12H20N2. The van der Waals surface area contributed by atoms with Gasteiger partial charge in [0.25, 0.3) is 0 Å². The molecule has 2 nitrogen and oxygen atoms in total. The van der Waals surface area contributed by atoms with Gasteiger partial charge in [0.15, 0.2) is 0 Å². The number of anilines is 1. The number of hydrogen-bond donors (Lipinski definition) is 2. The SMILES string of the molecule is Cc1ccc(NCCCN)c(C)c1C. The van der Waals surface area contributed by atoms with E-state index >= 15 is 0 Å². The van der Waals surface area contributed by atoms with Crippen LogP contribution >= 0.6 is 0 Å². The van der Waals surface area contributed by atoms with Gasteiger partial charge in [-0.3, -0.25) is 0 Å². The van der Waals surface area contributed by atoms with Gasteiger partial charge in [-0.05, 0) is 56.5 Å². The van der Waals surface area contributed by atoms with Crippen LogP contribution in [0.3, 0.4) is 0 Å². The van der Waals surface area contributed by atoms with Gasteiger partial charge >= 0.3 is 0 Å². The molecule has 0 saturated carbocycles. The highest BCUT2D eigenvalue weighted by atomic mass is 14.9. The van der Waals surface area contributed by atoms with Gasteiger partial charge in [0.05, 0.1) is 0 Å². The summed E-state index contributed by atoms with van der Waals surface area (Å²) in [5.41, 5.74) is 10.8. The van der Waals surface area contributed by atoms with E-state index < -0.39 is 0 Å². The van der Waals surface area contributed by atoms with E-state index in [9.17, 15) is 0 Å². The Bertz CT molecular complexity index is 305. The molecule has 0 saturated heterocycles. The second-order valence-electron chi connectivity index (χ2n) is 3.75. The smallest absolute Gasteiger partial charge is 0.0372 e. The number of nitrogens with one attached hydrogen (secondary N) is 1. The molecule has 0 amide bonds. The highest BCUT2D eigenvalue weighted by Crippen LogP contribution is 2.21. The van der Waals surface area contributed by atoms with Gasteiger partial charge in [0.1, 0.15) is 0 Å². The summed E-state index contributed by atoms with van der Waals surface area (Å²) in [6.07, 6.45) is 1.02. The molecule has 0 aromatic heterocycles. The molecule has 0 aliphatic heterocycles. The van der Waals surface area contributed by atoms with Crippen LogP contribution in [0.1, 0.15) is 23.1 Å². The Hall–Kier alpha value is -1.02. The van der Waals surface area contributed by atoms with E-state index in [1.165, 1.54) is 22.4 Å². The Morgan fingerprint density at radius 1 is 1.14 bits per heavy atom. The van der Waals surface area contributed by atoms with E-state index in [0.717, 1.165) is 19.5 Å². The highest BCUT2D eigenvalue weighted by molar-refractivity contribution is 5.55. The molecule has 14 heavy (non-hydrogen) atoms. The van der Waals surface area contributed by atoms with Crippen molar-refractivity contribution < 1.29 is 0 Å². The first kappa shape index (κ1) is 11.1. The number of hydrogen-bond acceptors (Lipinski definition) is 2. The van der Waals surface area contributed by atoms with Gasteiger partial charge in [-0.1, -0.05) is 6.07 Å². The van der Waals surface area contributed by atoms with E-state index in [-0.39, 0.29) is 0 Å². The molecule has 78 valence electrons. The van der Waals surface area contributed by atoms with Gasteiger partial charge in [-0.25, -0.2) is 0 Å². The Labute approximate surface area is 86.5 Å². The minimum absolute atomic E-state index is 0.747. The van der Waals surface area contributed by atoms with Crippen molar-refractivity contribution in [1.29, 1.82) is 0 Å². The lowest BCUT2D eigenvalue weighted by Crippen LogP contribution is -2.09. The van der Waals surface area contributed by atoms with Crippen LogP contribution in [0.25, 0.3) is 0 Å². The summed E-state index contributed by atoms with van der Waals surface area (Å²) in [6, 6.07) is 4.31. The average molecular weight is 192 g/mol. The lowest BCUT2D eigenvalue weighted by Gasteiger charge is -2.12. The highest BCUT2D eigenvalue weighted by Gasteiger charge is 2.02. The fourth-order valence-corrected chi connectivity index (χ4v) is 1.47. The van der Waals surface area contributed by atoms with E-state index in [1.54, 1.807) is 0 Å². The third-order valence-corrected chi connectivity index (χ3v) is 2.75. The lowest BCUT2D eigenvalue weighted by molar-refractivity contribution is 0.873. The predicted octanol–water partition coefficient (Wildman–Crippen LogP) is 2.37. The van der Waals surface area contributed by atoms with Crippen molar-refractivity contribution in [2.75, 3.05) is 18.4 Å². The Kier molecular flexibility index (Phi) is 3.96. The molecule has 0 radical (unpaired) electrons. The standard InChI is InChI=1S/C12H20N2/c1-9-5-6-12(11(3)10(9)2)14-8-4-7-13/h5-6,14H,4,7-8,13H2,1-3H3. The second kappa shape index (κ2) is 5.01. The molecule has 0 heterocycles. The molecule has 0 fully saturated rings. The van der Waals surface area contributed by atoms with Crippen molar-refractivity contribution in [1.82, 2.24) is 0 Å². The summed E-state index contributed by atoms with van der Waals surface area (Å²) < 4.78 is 0. The first-order valence-electron chi connectivity index (χ1n) is 5.17. The maximum Gasteiger partial charge on any atom is 0.0372 e. The predicted molar refractivity (Wildman–Crippen MR) is 62.8 cm³/mol. The zero-order valence-corrected chi connectivity index (χ0v) is 9.35. The van der Waals surface area contributed by atoms with Crippen molar-refractivity contribution in [3.8, 4) is 0 Å². The zero-order valence-electron chi connectivity index (χ0n) is 9.35. The van der Waals surface area contributed by atoms with Crippen LogP contribution in [0.5, 0.6) is 0 Å². The van der Waals surface area contributed by atoms with E-state index in [2.05, 4.69) is 38.2 Å². The summed E-state index contributed by atoms with van der Waals surface area (Å²) in [6.45, 7) is 8.18. The van der Waals surface area contributed by atoms with Crippen LogP contribution in [0.4, 0.5) is 5.69 Å². The molecule has 0 aliphatic carbocycles. The number of rotatable bonds is 4. The van der Waals surface area contributed by atoms with Crippen LogP contribution in [0.2, 0.25) is 0 Å². The normalized spacial score (nSPS) is 10.3. The van der Waals surface area contributed by atoms with Crippen molar-refractivity contribution in [2.45, 2.75) is 27.2 Å². The van der Waals surface area contributed by atoms with E-state index in [0.29, 0.717) is 0 Å². The maximum atomic E-state index is 5.44. The fraction of sp³-hybridized carbons (Fsp3) is 0.500. The Morgan fingerprint density at radius 2 is 1.86 bits per heavy atom. The van der Waals surface area contributed by atoms with Gasteiger partial charge in [0, 0.05) is 12.2 Å². The quantitative estimate of drug-likeness (QED) is 0.719. The number of benzene rings is 1.